The van der Waals surface area contributed by atoms with E-state index in [4.69, 9.17) is 4.74 Å². The lowest BCUT2D eigenvalue weighted by atomic mass is 10.0. The number of aromatic nitrogens is 4. The zero-order valence-electron chi connectivity index (χ0n) is 15.1. The summed E-state index contributed by atoms with van der Waals surface area (Å²) in [4.78, 5) is 21.5. The van der Waals surface area contributed by atoms with Gasteiger partial charge in [-0.3, -0.25) is 9.78 Å². The van der Waals surface area contributed by atoms with Crippen LogP contribution in [0.15, 0.2) is 67.5 Å². The summed E-state index contributed by atoms with van der Waals surface area (Å²) in [5.74, 6) is 0.0664. The second-order valence-electron chi connectivity index (χ2n) is 6.35. The van der Waals surface area contributed by atoms with E-state index < -0.39 is 0 Å². The predicted molar refractivity (Wildman–Crippen MR) is 103 cm³/mol. The van der Waals surface area contributed by atoms with Gasteiger partial charge in [-0.25, -0.2) is 4.98 Å². The predicted octanol–water partition coefficient (Wildman–Crippen LogP) is 3.27. The molecule has 0 atom stereocenters. The molecule has 6 heteroatoms. The van der Waals surface area contributed by atoms with Gasteiger partial charge in [0.05, 0.1) is 24.1 Å². The first-order chi connectivity index (χ1) is 13.3. The third kappa shape index (κ3) is 3.52. The van der Waals surface area contributed by atoms with E-state index in [9.17, 15) is 4.79 Å². The number of hydrogen-bond donors (Lipinski definition) is 0. The van der Waals surface area contributed by atoms with Crippen molar-refractivity contribution in [1.29, 1.82) is 0 Å². The number of carbonyl (C=O) groups is 1. The maximum Gasteiger partial charge on any atom is 0.169 e. The molecule has 136 valence electrons. The van der Waals surface area contributed by atoms with Crippen LogP contribution in [0.5, 0.6) is 0 Å². The summed E-state index contributed by atoms with van der Waals surface area (Å²) in [7, 11) is 1.68. The highest BCUT2D eigenvalue weighted by Crippen LogP contribution is 2.26. The van der Waals surface area contributed by atoms with E-state index in [0.717, 1.165) is 29.0 Å². The van der Waals surface area contributed by atoms with Crippen molar-refractivity contribution >= 4 is 11.3 Å². The summed E-state index contributed by atoms with van der Waals surface area (Å²) in [6.45, 7) is 1.36. The highest BCUT2D eigenvalue weighted by atomic mass is 16.5. The van der Waals surface area contributed by atoms with Gasteiger partial charge in [-0.1, -0.05) is 12.1 Å². The van der Waals surface area contributed by atoms with Gasteiger partial charge < -0.3 is 13.7 Å². The van der Waals surface area contributed by atoms with Crippen LogP contribution in [0.3, 0.4) is 0 Å². The lowest BCUT2D eigenvalue weighted by Gasteiger charge is -2.01. The SMILES string of the molecule is COCCn1cnc(-c2cc(C(=O)Cc3cccnc3)c3ccccn23)c1. The Morgan fingerprint density at radius 2 is 2.15 bits per heavy atom. The lowest BCUT2D eigenvalue weighted by molar-refractivity contribution is 0.0994. The molecule has 0 aliphatic rings. The fraction of sp³-hybridized carbons (Fsp3) is 0.190. The van der Waals surface area contributed by atoms with Crippen molar-refractivity contribution in [3.63, 3.8) is 0 Å². The average molecular weight is 360 g/mol. The lowest BCUT2D eigenvalue weighted by Crippen LogP contribution is -2.03. The maximum absolute atomic E-state index is 12.9. The average Bonchev–Trinajstić information content (AvgIpc) is 3.32. The molecule has 0 saturated heterocycles. The Bertz CT molecular complexity index is 1070. The number of nitrogens with zero attached hydrogens (tertiary/aromatic N) is 4. The zero-order chi connectivity index (χ0) is 18.6. The van der Waals surface area contributed by atoms with Crippen LogP contribution in [-0.2, 0) is 17.7 Å². The van der Waals surface area contributed by atoms with Gasteiger partial charge in [0.1, 0.15) is 5.69 Å². The van der Waals surface area contributed by atoms with Gasteiger partial charge in [0.15, 0.2) is 5.78 Å². The number of pyridine rings is 2. The molecule has 0 aliphatic heterocycles. The Balaban J connectivity index is 1.71. The van der Waals surface area contributed by atoms with Crippen molar-refractivity contribution in [3.05, 3.63) is 78.6 Å². The molecule has 0 fully saturated rings. The summed E-state index contributed by atoms with van der Waals surface area (Å²) < 4.78 is 9.12. The second-order valence-corrected chi connectivity index (χ2v) is 6.35. The number of hydrogen-bond acceptors (Lipinski definition) is 4. The number of methoxy groups -OCH3 is 1. The summed E-state index contributed by atoms with van der Waals surface area (Å²) in [5.41, 5.74) is 4.21. The second kappa shape index (κ2) is 7.55. The molecular formula is C21H20N4O2. The van der Waals surface area contributed by atoms with E-state index in [1.807, 2.05) is 57.8 Å². The highest BCUT2D eigenvalue weighted by molar-refractivity contribution is 6.05. The Morgan fingerprint density at radius 1 is 1.22 bits per heavy atom. The number of rotatable bonds is 7. The molecule has 0 N–H and O–H groups in total. The van der Waals surface area contributed by atoms with Crippen LogP contribution in [0.1, 0.15) is 15.9 Å². The fourth-order valence-electron chi connectivity index (χ4n) is 3.17. The highest BCUT2D eigenvalue weighted by Gasteiger charge is 2.17. The molecule has 0 spiro atoms. The van der Waals surface area contributed by atoms with Crippen molar-refractivity contribution in [1.82, 2.24) is 18.9 Å². The smallest absolute Gasteiger partial charge is 0.169 e. The van der Waals surface area contributed by atoms with Gasteiger partial charge in [-0.05, 0) is 29.8 Å². The van der Waals surface area contributed by atoms with Crippen LogP contribution in [-0.4, -0.2) is 38.4 Å². The Morgan fingerprint density at radius 3 is 2.96 bits per heavy atom. The molecule has 0 saturated carbocycles. The Hall–Kier alpha value is -3.25. The third-order valence-corrected chi connectivity index (χ3v) is 4.51. The minimum absolute atomic E-state index is 0.0664. The molecule has 4 aromatic heterocycles. The minimum atomic E-state index is 0.0664. The molecule has 4 rings (SSSR count). The number of imidazole rings is 1. The van der Waals surface area contributed by atoms with Crippen LogP contribution in [0, 0.1) is 0 Å². The number of Topliss-reactive ketones (excluding diaryl/α,β-unsaturated/α-hetero) is 1. The van der Waals surface area contributed by atoms with E-state index in [1.54, 1.807) is 25.8 Å². The number of ether oxygens (including phenoxy) is 1. The van der Waals surface area contributed by atoms with Gasteiger partial charge >= 0.3 is 0 Å². The van der Waals surface area contributed by atoms with Crippen LogP contribution in [0.4, 0.5) is 0 Å². The van der Waals surface area contributed by atoms with Crippen LogP contribution < -0.4 is 0 Å². The first-order valence-corrected chi connectivity index (χ1v) is 8.79. The van der Waals surface area contributed by atoms with Crippen LogP contribution >= 0.6 is 0 Å². The zero-order valence-corrected chi connectivity index (χ0v) is 15.1. The number of carbonyl (C=O) groups excluding carboxylic acids is 1. The van der Waals surface area contributed by atoms with Crippen LogP contribution in [0.2, 0.25) is 0 Å². The molecule has 0 radical (unpaired) electrons. The molecule has 27 heavy (non-hydrogen) atoms. The maximum atomic E-state index is 12.9. The van der Waals surface area contributed by atoms with Crippen molar-refractivity contribution in [2.45, 2.75) is 13.0 Å². The molecule has 4 aromatic rings. The minimum Gasteiger partial charge on any atom is -0.383 e. The van der Waals surface area contributed by atoms with E-state index in [0.29, 0.717) is 18.6 Å². The topological polar surface area (TPSA) is 61.4 Å². The first-order valence-electron chi connectivity index (χ1n) is 8.79. The largest absolute Gasteiger partial charge is 0.383 e. The summed E-state index contributed by atoms with van der Waals surface area (Å²) in [5, 5.41) is 0. The van der Waals surface area contributed by atoms with Gasteiger partial charge in [0.25, 0.3) is 0 Å². The van der Waals surface area contributed by atoms with Crippen molar-refractivity contribution in [2.24, 2.45) is 0 Å². The first kappa shape index (κ1) is 17.2. The number of ketones is 1. The Kier molecular flexibility index (Phi) is 4.80. The van der Waals surface area contributed by atoms with Crippen LogP contribution in [0.25, 0.3) is 16.9 Å². The third-order valence-electron chi connectivity index (χ3n) is 4.51. The molecule has 0 aliphatic carbocycles. The molecule has 0 unspecified atom stereocenters. The molecule has 0 amide bonds. The molecule has 6 nitrogen and oxygen atoms in total. The van der Waals surface area contributed by atoms with Gasteiger partial charge in [0.2, 0.25) is 0 Å². The van der Waals surface area contributed by atoms with Gasteiger partial charge in [-0.15, -0.1) is 0 Å². The van der Waals surface area contributed by atoms with Gasteiger partial charge in [0, 0.05) is 50.4 Å². The van der Waals surface area contributed by atoms with E-state index in [-0.39, 0.29) is 5.78 Å². The van der Waals surface area contributed by atoms with E-state index >= 15 is 0 Å². The van der Waals surface area contributed by atoms with E-state index in [1.165, 1.54) is 0 Å². The fourth-order valence-corrected chi connectivity index (χ4v) is 3.17. The molecule has 0 bridgehead atoms. The quantitative estimate of drug-likeness (QED) is 0.475. The monoisotopic (exact) mass is 360 g/mol. The summed E-state index contributed by atoms with van der Waals surface area (Å²) in [6.07, 6.45) is 9.48. The normalized spacial score (nSPS) is 11.1. The Labute approximate surface area is 157 Å². The van der Waals surface area contributed by atoms with Gasteiger partial charge in [-0.2, -0.15) is 0 Å². The van der Waals surface area contributed by atoms with Crippen molar-refractivity contribution in [2.75, 3.05) is 13.7 Å². The standard InChI is InChI=1S/C21H20N4O2/c1-27-10-9-24-14-18(23-15-24)20-12-17(19-6-2-3-8-25(19)20)21(26)11-16-5-4-7-22-13-16/h2-8,12-15H,9-11H2,1H3. The van der Waals surface area contributed by atoms with Crippen molar-refractivity contribution < 1.29 is 9.53 Å². The summed E-state index contributed by atoms with van der Waals surface area (Å²) in [6, 6.07) is 11.5. The van der Waals surface area contributed by atoms with Crippen molar-refractivity contribution in [3.8, 4) is 11.4 Å². The summed E-state index contributed by atoms with van der Waals surface area (Å²) >= 11 is 0. The van der Waals surface area contributed by atoms with E-state index in [2.05, 4.69) is 9.97 Å². The molecule has 0 aromatic carbocycles. The molecule has 4 heterocycles. The number of fused-ring (bicyclic) bond motifs is 1. The molecular weight excluding hydrogens is 340 g/mol.